The zero-order valence-electron chi connectivity index (χ0n) is 11.9. The topological polar surface area (TPSA) is 38.7 Å². The van der Waals surface area contributed by atoms with Crippen molar-refractivity contribution in [2.45, 2.75) is 0 Å². The van der Waals surface area contributed by atoms with Gasteiger partial charge in [0.2, 0.25) is 5.28 Å². The van der Waals surface area contributed by atoms with Crippen molar-refractivity contribution < 1.29 is 4.39 Å². The molecule has 4 aromatic rings. The predicted octanol–water partition coefficient (Wildman–Crippen LogP) is 6.05. The Morgan fingerprint density at radius 2 is 1.75 bits per heavy atom. The molecule has 0 atom stereocenters. The Morgan fingerprint density at radius 3 is 2.54 bits per heavy atom. The Balaban J connectivity index is 2.10. The van der Waals surface area contributed by atoms with E-state index in [1.165, 1.54) is 6.20 Å². The van der Waals surface area contributed by atoms with Crippen molar-refractivity contribution in [3.8, 4) is 11.3 Å². The molecule has 24 heavy (non-hydrogen) atoms. The van der Waals surface area contributed by atoms with Gasteiger partial charge in [0.15, 0.2) is 5.82 Å². The molecule has 7 heteroatoms. The van der Waals surface area contributed by atoms with Crippen LogP contribution in [0, 0.1) is 5.82 Å². The van der Waals surface area contributed by atoms with E-state index < -0.39 is 5.82 Å². The highest BCUT2D eigenvalue weighted by Gasteiger charge is 2.18. The number of aromatic nitrogens is 3. The summed E-state index contributed by atoms with van der Waals surface area (Å²) in [6.45, 7) is 0. The number of fused-ring (bicyclic) bond motifs is 2. The van der Waals surface area contributed by atoms with Crippen LogP contribution in [-0.4, -0.2) is 15.0 Å². The number of pyridine rings is 1. The molecule has 0 amide bonds. The largest absolute Gasteiger partial charge is 0.252 e. The number of halogens is 4. The average Bonchev–Trinajstić information content (AvgIpc) is 2.56. The summed E-state index contributed by atoms with van der Waals surface area (Å²) < 4.78 is 15.9. The van der Waals surface area contributed by atoms with Gasteiger partial charge in [0, 0.05) is 21.6 Å². The molecule has 0 aliphatic heterocycles. The molecule has 0 aliphatic carbocycles. The smallest absolute Gasteiger partial charge is 0.224 e. The molecule has 2 heterocycles. The monoisotopic (exact) mass is 421 g/mol. The van der Waals surface area contributed by atoms with Crippen LogP contribution < -0.4 is 0 Å². The van der Waals surface area contributed by atoms with Gasteiger partial charge in [-0.25, -0.2) is 14.4 Å². The third kappa shape index (κ3) is 2.44. The van der Waals surface area contributed by atoms with Gasteiger partial charge in [0.05, 0.1) is 5.39 Å². The molecule has 0 aliphatic rings. The molecule has 0 saturated heterocycles. The van der Waals surface area contributed by atoms with Crippen LogP contribution in [0.15, 0.2) is 47.1 Å². The first-order chi connectivity index (χ1) is 11.6. The van der Waals surface area contributed by atoms with Crippen LogP contribution in [0.25, 0.3) is 32.9 Å². The Morgan fingerprint density at radius 1 is 1.00 bits per heavy atom. The fourth-order valence-corrected chi connectivity index (χ4v) is 3.70. The first-order valence-electron chi connectivity index (χ1n) is 6.91. The Kier molecular flexibility index (Phi) is 3.87. The van der Waals surface area contributed by atoms with Crippen LogP contribution in [0.1, 0.15) is 0 Å². The van der Waals surface area contributed by atoms with Gasteiger partial charge in [-0.05, 0) is 23.1 Å². The van der Waals surface area contributed by atoms with Crippen molar-refractivity contribution in [1.82, 2.24) is 15.0 Å². The van der Waals surface area contributed by atoms with Gasteiger partial charge < -0.3 is 0 Å². The van der Waals surface area contributed by atoms with Gasteiger partial charge in [0.1, 0.15) is 16.4 Å². The van der Waals surface area contributed by atoms with Gasteiger partial charge in [0.25, 0.3) is 0 Å². The molecule has 3 nitrogen and oxygen atoms in total. The van der Waals surface area contributed by atoms with Gasteiger partial charge in [-0.2, -0.15) is 0 Å². The molecular weight excluding hydrogens is 416 g/mol. The summed E-state index contributed by atoms with van der Waals surface area (Å²) >= 11 is 15.3. The summed E-state index contributed by atoms with van der Waals surface area (Å²) in [5.41, 5.74) is 0.894. The lowest BCUT2D eigenvalue weighted by molar-refractivity contribution is 0.635. The summed E-state index contributed by atoms with van der Waals surface area (Å²) in [5.74, 6) is -0.582. The first-order valence-corrected chi connectivity index (χ1v) is 8.46. The van der Waals surface area contributed by atoms with Crippen LogP contribution in [0.3, 0.4) is 0 Å². The van der Waals surface area contributed by atoms with Crippen molar-refractivity contribution in [3.05, 3.63) is 63.3 Å². The summed E-state index contributed by atoms with van der Waals surface area (Å²) in [7, 11) is 0. The average molecular weight is 423 g/mol. The van der Waals surface area contributed by atoms with Crippen molar-refractivity contribution >= 4 is 60.8 Å². The van der Waals surface area contributed by atoms with E-state index >= 15 is 4.39 Å². The zero-order valence-corrected chi connectivity index (χ0v) is 15.0. The van der Waals surface area contributed by atoms with Gasteiger partial charge >= 0.3 is 0 Å². The van der Waals surface area contributed by atoms with Gasteiger partial charge in [-0.1, -0.05) is 57.9 Å². The molecule has 0 bridgehead atoms. The molecule has 0 fully saturated rings. The maximum atomic E-state index is 15.1. The zero-order chi connectivity index (χ0) is 16.8. The second-order valence-electron chi connectivity index (χ2n) is 5.11. The maximum absolute atomic E-state index is 15.1. The van der Waals surface area contributed by atoms with Gasteiger partial charge in [-0.15, -0.1) is 0 Å². The minimum atomic E-state index is -0.582. The Bertz CT molecular complexity index is 1110. The highest BCUT2D eigenvalue weighted by molar-refractivity contribution is 9.10. The van der Waals surface area contributed by atoms with E-state index in [0.717, 1.165) is 15.2 Å². The normalized spacial score (nSPS) is 11.3. The molecule has 0 radical (unpaired) electrons. The molecule has 2 aromatic carbocycles. The van der Waals surface area contributed by atoms with Crippen molar-refractivity contribution in [3.63, 3.8) is 0 Å². The lowest BCUT2D eigenvalue weighted by atomic mass is 10.0. The van der Waals surface area contributed by atoms with Gasteiger partial charge in [-0.3, -0.25) is 4.98 Å². The van der Waals surface area contributed by atoms with Crippen LogP contribution in [0.2, 0.25) is 10.4 Å². The third-order valence-corrected chi connectivity index (χ3v) is 4.84. The summed E-state index contributed by atoms with van der Waals surface area (Å²) in [6.07, 6.45) is 1.46. The van der Waals surface area contributed by atoms with E-state index in [-0.39, 0.29) is 21.6 Å². The standard InChI is InChI=1S/C17H7BrCl2FN3/c18-11-6-2-4-8-3-1-5-9(12(8)11)14-13(21)15-10(7-22-14)16(19)24-17(20)23-15/h1-7H. The Labute approximate surface area is 154 Å². The first kappa shape index (κ1) is 15.7. The second kappa shape index (κ2) is 5.92. The summed E-state index contributed by atoms with van der Waals surface area (Å²) in [4.78, 5) is 12.0. The number of hydrogen-bond donors (Lipinski definition) is 0. The predicted molar refractivity (Wildman–Crippen MR) is 98.0 cm³/mol. The van der Waals surface area contributed by atoms with E-state index in [4.69, 9.17) is 23.2 Å². The van der Waals surface area contributed by atoms with Crippen LogP contribution in [0.5, 0.6) is 0 Å². The maximum Gasteiger partial charge on any atom is 0.224 e. The van der Waals surface area contributed by atoms with E-state index in [2.05, 4.69) is 30.9 Å². The Hall–Kier alpha value is -1.82. The fraction of sp³-hybridized carbons (Fsp3) is 0. The highest BCUT2D eigenvalue weighted by atomic mass is 79.9. The third-order valence-electron chi connectivity index (χ3n) is 3.72. The molecule has 0 unspecified atom stereocenters. The number of hydrogen-bond acceptors (Lipinski definition) is 3. The summed E-state index contributed by atoms with van der Waals surface area (Å²) in [6, 6.07) is 11.4. The fourth-order valence-electron chi connectivity index (χ4n) is 2.68. The van der Waals surface area contributed by atoms with Crippen molar-refractivity contribution in [2.24, 2.45) is 0 Å². The summed E-state index contributed by atoms with van der Waals surface area (Å²) in [5, 5.41) is 2.13. The quantitative estimate of drug-likeness (QED) is 0.276. The van der Waals surface area contributed by atoms with Crippen LogP contribution in [-0.2, 0) is 0 Å². The SMILES string of the molecule is Fc1c(-c2cccc3cccc(Br)c23)ncc2c(Cl)nc(Cl)nc12. The molecule has 0 N–H and O–H groups in total. The highest BCUT2D eigenvalue weighted by Crippen LogP contribution is 2.36. The van der Waals surface area contributed by atoms with E-state index in [1.807, 2.05) is 36.4 Å². The molecule has 118 valence electrons. The minimum absolute atomic E-state index is 0.0501. The molecule has 0 saturated carbocycles. The number of nitrogens with zero attached hydrogens (tertiary/aromatic N) is 3. The lowest BCUT2D eigenvalue weighted by Crippen LogP contribution is -1.97. The van der Waals surface area contributed by atoms with Crippen LogP contribution in [0.4, 0.5) is 4.39 Å². The molecule has 4 rings (SSSR count). The van der Waals surface area contributed by atoms with E-state index in [0.29, 0.717) is 10.9 Å². The lowest BCUT2D eigenvalue weighted by Gasteiger charge is -2.10. The number of benzene rings is 2. The van der Waals surface area contributed by atoms with Crippen LogP contribution >= 0.6 is 39.1 Å². The minimum Gasteiger partial charge on any atom is -0.252 e. The molecular formula is C17H7BrCl2FN3. The van der Waals surface area contributed by atoms with Crippen molar-refractivity contribution in [2.75, 3.05) is 0 Å². The molecule has 0 spiro atoms. The van der Waals surface area contributed by atoms with E-state index in [1.54, 1.807) is 0 Å². The van der Waals surface area contributed by atoms with E-state index in [9.17, 15) is 0 Å². The number of rotatable bonds is 1. The molecule has 2 aromatic heterocycles. The second-order valence-corrected chi connectivity index (χ2v) is 6.66. The van der Waals surface area contributed by atoms with Crippen molar-refractivity contribution in [1.29, 1.82) is 0 Å².